The fraction of sp³-hybridized carbons (Fsp3) is 0.588. The molecule has 0 aliphatic heterocycles. The van der Waals surface area contributed by atoms with Gasteiger partial charge in [-0.1, -0.05) is 26.8 Å². The Labute approximate surface area is 120 Å². The van der Waals surface area contributed by atoms with Crippen LogP contribution in [0.4, 0.5) is 0 Å². The first-order valence-corrected chi connectivity index (χ1v) is 7.26. The molecule has 1 unspecified atom stereocenters. The van der Waals surface area contributed by atoms with E-state index < -0.39 is 5.97 Å². The lowest BCUT2D eigenvalue weighted by molar-refractivity contribution is -0.137. The minimum Gasteiger partial charge on any atom is -0.508 e. The van der Waals surface area contributed by atoms with Gasteiger partial charge in [-0.15, -0.1) is 0 Å². The van der Waals surface area contributed by atoms with Crippen LogP contribution in [0.2, 0.25) is 0 Å². The Bertz CT molecular complexity index is 522. The highest BCUT2D eigenvalue weighted by atomic mass is 16.4. The van der Waals surface area contributed by atoms with Crippen molar-refractivity contribution in [2.75, 3.05) is 0 Å². The van der Waals surface area contributed by atoms with Gasteiger partial charge in [-0.05, 0) is 59.8 Å². The molecule has 1 saturated carbocycles. The maximum Gasteiger partial charge on any atom is 0.303 e. The number of benzene rings is 1. The molecule has 0 aromatic heterocycles. The maximum atomic E-state index is 11.1. The molecule has 20 heavy (non-hydrogen) atoms. The van der Waals surface area contributed by atoms with Crippen LogP contribution in [0.15, 0.2) is 12.1 Å². The summed E-state index contributed by atoms with van der Waals surface area (Å²) in [5.41, 5.74) is 2.84. The first-order valence-electron chi connectivity index (χ1n) is 7.26. The number of phenolic OH excluding ortho intramolecular Hbond substituents is 1. The Morgan fingerprint density at radius 1 is 1.35 bits per heavy atom. The molecule has 1 aliphatic rings. The summed E-state index contributed by atoms with van der Waals surface area (Å²) in [6, 6.07) is 3.81. The smallest absolute Gasteiger partial charge is 0.303 e. The van der Waals surface area contributed by atoms with Gasteiger partial charge in [0.1, 0.15) is 5.75 Å². The van der Waals surface area contributed by atoms with Crippen LogP contribution >= 0.6 is 0 Å². The van der Waals surface area contributed by atoms with Crippen molar-refractivity contribution in [1.29, 1.82) is 0 Å². The topological polar surface area (TPSA) is 57.5 Å². The number of carbonyl (C=O) groups is 1. The SMILES string of the molecule is Cc1cc(O)c(C(C)(C)C)cc1C(CC(=O)O)C1CC1. The Hall–Kier alpha value is -1.51. The molecule has 0 radical (unpaired) electrons. The summed E-state index contributed by atoms with van der Waals surface area (Å²) in [5.74, 6) is 0.131. The molecule has 3 nitrogen and oxygen atoms in total. The predicted molar refractivity (Wildman–Crippen MR) is 79.3 cm³/mol. The van der Waals surface area contributed by atoms with Gasteiger partial charge < -0.3 is 10.2 Å². The summed E-state index contributed by atoms with van der Waals surface area (Å²) in [7, 11) is 0. The van der Waals surface area contributed by atoms with Crippen molar-refractivity contribution >= 4 is 5.97 Å². The molecule has 110 valence electrons. The van der Waals surface area contributed by atoms with Gasteiger partial charge in [0.25, 0.3) is 0 Å². The zero-order valence-electron chi connectivity index (χ0n) is 12.7. The third-order valence-corrected chi connectivity index (χ3v) is 4.18. The second-order valence-corrected chi connectivity index (χ2v) is 7.02. The van der Waals surface area contributed by atoms with Crippen molar-refractivity contribution in [2.45, 2.75) is 58.3 Å². The summed E-state index contributed by atoms with van der Waals surface area (Å²) in [6.07, 6.45) is 2.41. The van der Waals surface area contributed by atoms with Crippen LogP contribution in [0, 0.1) is 12.8 Å². The van der Waals surface area contributed by atoms with Crippen LogP contribution in [0.25, 0.3) is 0 Å². The van der Waals surface area contributed by atoms with Gasteiger partial charge in [0, 0.05) is 0 Å². The number of aryl methyl sites for hydroxylation is 1. The second-order valence-electron chi connectivity index (χ2n) is 7.02. The van der Waals surface area contributed by atoms with Crippen LogP contribution in [0.1, 0.15) is 62.6 Å². The summed E-state index contributed by atoms with van der Waals surface area (Å²) < 4.78 is 0. The number of hydrogen-bond acceptors (Lipinski definition) is 2. The summed E-state index contributed by atoms with van der Waals surface area (Å²) >= 11 is 0. The molecular formula is C17H24O3. The molecule has 0 bridgehead atoms. The average Bonchev–Trinajstić information content (AvgIpc) is 3.08. The Kier molecular flexibility index (Phi) is 3.81. The van der Waals surface area contributed by atoms with Crippen molar-refractivity contribution in [1.82, 2.24) is 0 Å². The molecule has 1 fully saturated rings. The highest BCUT2D eigenvalue weighted by Gasteiger charge is 2.35. The zero-order valence-corrected chi connectivity index (χ0v) is 12.7. The van der Waals surface area contributed by atoms with E-state index in [0.717, 1.165) is 29.5 Å². The molecule has 1 aromatic carbocycles. The van der Waals surface area contributed by atoms with E-state index in [1.54, 1.807) is 6.07 Å². The van der Waals surface area contributed by atoms with Gasteiger partial charge in [0.2, 0.25) is 0 Å². The Balaban J connectivity index is 2.46. The maximum absolute atomic E-state index is 11.1. The molecule has 0 spiro atoms. The quantitative estimate of drug-likeness (QED) is 0.875. The highest BCUT2D eigenvalue weighted by molar-refractivity contribution is 5.68. The summed E-state index contributed by atoms with van der Waals surface area (Å²) in [6.45, 7) is 8.14. The summed E-state index contributed by atoms with van der Waals surface area (Å²) in [5, 5.41) is 19.3. The number of carboxylic acid groups (broad SMARTS) is 1. The van der Waals surface area contributed by atoms with E-state index in [4.69, 9.17) is 5.11 Å². The average molecular weight is 276 g/mol. The molecule has 1 aromatic rings. The number of rotatable bonds is 4. The standard InChI is InChI=1S/C17H24O3/c1-10-7-15(18)14(17(2,3)4)8-12(10)13(9-16(19)20)11-5-6-11/h7-8,11,13,18H,5-6,9H2,1-4H3,(H,19,20). The van der Waals surface area contributed by atoms with Crippen molar-refractivity contribution in [3.05, 3.63) is 28.8 Å². The largest absolute Gasteiger partial charge is 0.508 e. The molecular weight excluding hydrogens is 252 g/mol. The predicted octanol–water partition coefficient (Wildman–Crippen LogP) is 3.97. The van der Waals surface area contributed by atoms with E-state index in [0.29, 0.717) is 11.7 Å². The molecule has 1 atom stereocenters. The van der Waals surface area contributed by atoms with E-state index in [1.165, 1.54) is 0 Å². The van der Waals surface area contributed by atoms with Gasteiger partial charge in [0.05, 0.1) is 6.42 Å². The van der Waals surface area contributed by atoms with Crippen molar-refractivity contribution in [3.8, 4) is 5.75 Å². The number of hydrogen-bond donors (Lipinski definition) is 2. The van der Waals surface area contributed by atoms with Crippen LogP contribution in [0.3, 0.4) is 0 Å². The van der Waals surface area contributed by atoms with Crippen molar-refractivity contribution in [3.63, 3.8) is 0 Å². The van der Waals surface area contributed by atoms with Crippen molar-refractivity contribution in [2.24, 2.45) is 5.92 Å². The fourth-order valence-electron chi connectivity index (χ4n) is 2.93. The molecule has 0 heterocycles. The number of phenols is 1. The third-order valence-electron chi connectivity index (χ3n) is 4.18. The first kappa shape index (κ1) is 14.9. The van der Waals surface area contributed by atoms with Gasteiger partial charge in [-0.2, -0.15) is 0 Å². The molecule has 1 aliphatic carbocycles. The minimum atomic E-state index is -0.744. The van der Waals surface area contributed by atoms with Crippen LogP contribution in [-0.4, -0.2) is 16.2 Å². The Morgan fingerprint density at radius 2 is 1.95 bits per heavy atom. The van der Waals surface area contributed by atoms with E-state index in [1.807, 2.05) is 13.0 Å². The lowest BCUT2D eigenvalue weighted by atomic mass is 9.80. The van der Waals surface area contributed by atoms with Crippen LogP contribution in [0.5, 0.6) is 5.75 Å². The number of aliphatic carboxylic acids is 1. The van der Waals surface area contributed by atoms with Gasteiger partial charge in [0.15, 0.2) is 0 Å². The fourth-order valence-corrected chi connectivity index (χ4v) is 2.93. The molecule has 0 amide bonds. The van der Waals surface area contributed by atoms with Crippen molar-refractivity contribution < 1.29 is 15.0 Å². The zero-order chi connectivity index (χ0) is 15.1. The summed E-state index contributed by atoms with van der Waals surface area (Å²) in [4.78, 5) is 11.1. The number of aromatic hydroxyl groups is 1. The molecule has 2 N–H and O–H groups in total. The van der Waals surface area contributed by atoms with E-state index in [-0.39, 0.29) is 17.8 Å². The van der Waals surface area contributed by atoms with E-state index >= 15 is 0 Å². The van der Waals surface area contributed by atoms with Gasteiger partial charge in [-0.25, -0.2) is 0 Å². The molecule has 0 saturated heterocycles. The second kappa shape index (κ2) is 5.12. The monoisotopic (exact) mass is 276 g/mol. The molecule has 2 rings (SSSR count). The van der Waals surface area contributed by atoms with Gasteiger partial charge in [-0.3, -0.25) is 4.79 Å². The normalized spacial score (nSPS) is 17.0. The Morgan fingerprint density at radius 3 is 2.40 bits per heavy atom. The van der Waals surface area contributed by atoms with E-state index in [2.05, 4.69) is 20.8 Å². The van der Waals surface area contributed by atoms with Gasteiger partial charge >= 0.3 is 5.97 Å². The van der Waals surface area contributed by atoms with Crippen LogP contribution < -0.4 is 0 Å². The highest BCUT2D eigenvalue weighted by Crippen LogP contribution is 2.47. The minimum absolute atomic E-state index is 0.0780. The number of carboxylic acids is 1. The lowest BCUT2D eigenvalue weighted by Crippen LogP contribution is -2.15. The third kappa shape index (κ3) is 3.14. The van der Waals surface area contributed by atoms with E-state index in [9.17, 15) is 9.90 Å². The molecule has 3 heteroatoms. The first-order chi connectivity index (χ1) is 9.20. The van der Waals surface area contributed by atoms with Crippen LogP contribution in [-0.2, 0) is 10.2 Å². The lowest BCUT2D eigenvalue weighted by Gasteiger charge is -2.25.